The molecule has 0 atom stereocenters. The van der Waals surface area contributed by atoms with Crippen LogP contribution in [0.25, 0.3) is 0 Å². The molecule has 0 fully saturated rings. The zero-order valence-corrected chi connectivity index (χ0v) is 7.62. The molecule has 0 N–H and O–H groups in total. The van der Waals surface area contributed by atoms with Gasteiger partial charge in [0.05, 0.1) is 6.42 Å². The van der Waals surface area contributed by atoms with E-state index in [9.17, 15) is 18.8 Å². The Morgan fingerprint density at radius 2 is 1.64 bits per heavy atom. The normalized spacial score (nSPS) is 8.64. The van der Waals surface area contributed by atoms with Gasteiger partial charge in [-0.25, -0.2) is 0 Å². The van der Waals surface area contributed by atoms with E-state index in [0.717, 1.165) is 0 Å². The smallest absolute Gasteiger partial charge is 0.299 e. The third-order valence-electron chi connectivity index (χ3n) is 1.39. The van der Waals surface area contributed by atoms with Gasteiger partial charge in [0.1, 0.15) is 11.6 Å². The zero-order chi connectivity index (χ0) is 10.3. The summed E-state index contributed by atoms with van der Waals surface area (Å²) in [4.78, 5) is 31.4. The second kappa shape index (κ2) is 8.22. The Kier molecular flexibility index (Phi) is 8.86. The van der Waals surface area contributed by atoms with E-state index in [1.807, 2.05) is 0 Å². The number of ketones is 2. The van der Waals surface area contributed by atoms with Crippen molar-refractivity contribution in [1.29, 1.82) is 0 Å². The second-order valence-electron chi connectivity index (χ2n) is 2.60. The maximum Gasteiger partial charge on any atom is 0.308 e. The van der Waals surface area contributed by atoms with E-state index in [1.54, 1.807) is 0 Å². The van der Waals surface area contributed by atoms with E-state index in [4.69, 9.17) is 0 Å². The quantitative estimate of drug-likeness (QED) is 0.360. The van der Waals surface area contributed by atoms with Crippen molar-refractivity contribution in [2.45, 2.75) is 25.7 Å². The van der Waals surface area contributed by atoms with Crippen LogP contribution in [0.3, 0.4) is 0 Å². The minimum absolute atomic E-state index is 0. The van der Waals surface area contributed by atoms with Crippen molar-refractivity contribution in [3.63, 3.8) is 0 Å². The van der Waals surface area contributed by atoms with Crippen molar-refractivity contribution in [2.75, 3.05) is 0 Å². The van der Waals surface area contributed by atoms with Gasteiger partial charge in [0.2, 0.25) is 0 Å². The summed E-state index contributed by atoms with van der Waals surface area (Å²) in [6.45, 7) is 3.36. The van der Waals surface area contributed by atoms with Gasteiger partial charge in [-0.3, -0.25) is 19.1 Å². The molecule has 0 aromatic heterocycles. The summed E-state index contributed by atoms with van der Waals surface area (Å²) >= 11 is 0. The fourth-order valence-electron chi connectivity index (χ4n) is 0.785. The molecule has 0 aromatic carbocycles. The number of Topliss-reactive ketones (excluding diaryl/α,β-unsaturated/α-hetero) is 2. The van der Waals surface area contributed by atoms with Crippen molar-refractivity contribution >= 4 is 17.6 Å². The van der Waals surface area contributed by atoms with Crippen LogP contribution in [0, 0.1) is 0 Å². The van der Waals surface area contributed by atoms with E-state index in [0.29, 0.717) is 0 Å². The van der Waals surface area contributed by atoms with Crippen LogP contribution in [0.2, 0.25) is 0 Å². The largest absolute Gasteiger partial charge is 0.308 e. The van der Waals surface area contributed by atoms with Crippen LogP contribution in [0.4, 0.5) is 9.09 Å². The van der Waals surface area contributed by atoms with Crippen molar-refractivity contribution < 1.29 is 23.5 Å². The maximum atomic E-state index is 11.7. The highest BCUT2D eigenvalue weighted by atomic mass is 19.1. The molecule has 0 heterocycles. The van der Waals surface area contributed by atoms with Crippen LogP contribution in [-0.4, -0.2) is 17.6 Å². The lowest BCUT2D eigenvalue weighted by atomic mass is 10.1. The monoisotopic (exact) mass is 206 g/mol. The number of carbonyl (C=O) groups excluding carboxylic acids is 3. The van der Waals surface area contributed by atoms with Crippen molar-refractivity contribution in [3.05, 3.63) is 12.7 Å². The highest BCUT2D eigenvalue weighted by Gasteiger charge is 2.09. The van der Waals surface area contributed by atoms with Gasteiger partial charge in [0, 0.05) is 19.3 Å². The van der Waals surface area contributed by atoms with Gasteiger partial charge in [0.25, 0.3) is 0 Å². The third-order valence-corrected chi connectivity index (χ3v) is 1.39. The molecule has 0 amide bonds. The fourth-order valence-corrected chi connectivity index (χ4v) is 0.785. The number of rotatable bonds is 7. The highest BCUT2D eigenvalue weighted by molar-refractivity contribution is 5.96. The lowest BCUT2D eigenvalue weighted by molar-refractivity contribution is -0.134. The SMILES string of the molecule is C=CCC(=O)CCC(=O)CC(=O)F.F. The minimum atomic E-state index is -1.65. The molecular formula is C9H12F2O3. The molecule has 0 unspecified atom stereocenters. The Morgan fingerprint density at radius 1 is 1.14 bits per heavy atom. The molecule has 0 radical (unpaired) electrons. The predicted molar refractivity (Wildman–Crippen MR) is 47.3 cm³/mol. The summed E-state index contributed by atoms with van der Waals surface area (Å²) in [7, 11) is 0. The van der Waals surface area contributed by atoms with Gasteiger partial charge >= 0.3 is 6.04 Å². The summed E-state index contributed by atoms with van der Waals surface area (Å²) < 4.78 is 11.7. The lowest BCUT2D eigenvalue weighted by Crippen LogP contribution is -2.06. The number of hydrogen-bond donors (Lipinski definition) is 0. The highest BCUT2D eigenvalue weighted by Crippen LogP contribution is 2.00. The third kappa shape index (κ3) is 8.70. The van der Waals surface area contributed by atoms with Gasteiger partial charge in [-0.15, -0.1) is 6.58 Å². The van der Waals surface area contributed by atoms with Crippen LogP contribution in [0.1, 0.15) is 25.7 Å². The van der Waals surface area contributed by atoms with Crippen molar-refractivity contribution in [1.82, 2.24) is 0 Å². The molecule has 0 bridgehead atoms. The molecule has 0 saturated heterocycles. The van der Waals surface area contributed by atoms with Crippen LogP contribution in [0.15, 0.2) is 12.7 Å². The summed E-state index contributed by atoms with van der Waals surface area (Å²) in [5, 5.41) is 0. The zero-order valence-electron chi connectivity index (χ0n) is 7.62. The number of hydrogen-bond acceptors (Lipinski definition) is 3. The Labute approximate surface area is 80.3 Å². The number of halogens is 2. The molecule has 5 heteroatoms. The molecule has 0 saturated carbocycles. The standard InChI is InChI=1S/C9H11FO3.FH/c1-2-3-7(11)4-5-8(12)6-9(10)13;/h2H,1,3-6H2;1H. The molecule has 0 aliphatic carbocycles. The number of carbonyl (C=O) groups is 3. The van der Waals surface area contributed by atoms with Crippen LogP contribution >= 0.6 is 0 Å². The van der Waals surface area contributed by atoms with Crippen molar-refractivity contribution in [3.8, 4) is 0 Å². The molecule has 3 nitrogen and oxygen atoms in total. The van der Waals surface area contributed by atoms with Gasteiger partial charge in [-0.05, 0) is 0 Å². The first-order valence-electron chi connectivity index (χ1n) is 3.89. The Morgan fingerprint density at radius 3 is 2.07 bits per heavy atom. The minimum Gasteiger partial charge on any atom is -0.299 e. The van der Waals surface area contributed by atoms with Crippen LogP contribution in [0.5, 0.6) is 0 Å². The average Bonchev–Trinajstić information content (AvgIpc) is 2.00. The topological polar surface area (TPSA) is 51.2 Å². The first-order valence-corrected chi connectivity index (χ1v) is 3.89. The number of allylic oxidation sites excluding steroid dienone is 1. The van der Waals surface area contributed by atoms with Crippen LogP contribution in [-0.2, 0) is 14.4 Å². The predicted octanol–water partition coefficient (Wildman–Crippen LogP) is 1.52. The van der Waals surface area contributed by atoms with Gasteiger partial charge in [-0.2, -0.15) is 4.39 Å². The average molecular weight is 206 g/mol. The van der Waals surface area contributed by atoms with Crippen LogP contribution < -0.4 is 0 Å². The molecule has 0 aromatic rings. The van der Waals surface area contributed by atoms with Gasteiger partial charge in [-0.1, -0.05) is 6.08 Å². The van der Waals surface area contributed by atoms with Gasteiger partial charge in [0.15, 0.2) is 0 Å². The summed E-state index contributed by atoms with van der Waals surface area (Å²) in [6, 6.07) is -1.65. The summed E-state index contributed by atoms with van der Waals surface area (Å²) in [5.41, 5.74) is 0. The first-order chi connectivity index (χ1) is 6.06. The first kappa shape index (κ1) is 15.1. The van der Waals surface area contributed by atoms with E-state index in [-0.39, 0.29) is 29.8 Å². The molecule has 0 rings (SSSR count). The molecule has 80 valence electrons. The van der Waals surface area contributed by atoms with E-state index in [1.165, 1.54) is 6.08 Å². The molecular weight excluding hydrogens is 194 g/mol. The molecule has 0 aliphatic rings. The molecule has 0 aliphatic heterocycles. The Bertz CT molecular complexity index is 236. The Balaban J connectivity index is 0. The Hall–Kier alpha value is -1.39. The van der Waals surface area contributed by atoms with Crippen molar-refractivity contribution in [2.24, 2.45) is 0 Å². The molecule has 0 spiro atoms. The second-order valence-corrected chi connectivity index (χ2v) is 2.60. The van der Waals surface area contributed by atoms with E-state index >= 15 is 0 Å². The summed E-state index contributed by atoms with van der Waals surface area (Å²) in [6.07, 6.45) is 0.909. The summed E-state index contributed by atoms with van der Waals surface area (Å²) in [5.74, 6) is -0.667. The van der Waals surface area contributed by atoms with Gasteiger partial charge < -0.3 is 0 Å². The lowest BCUT2D eigenvalue weighted by Gasteiger charge is -1.95. The van der Waals surface area contributed by atoms with E-state index < -0.39 is 18.2 Å². The molecule has 14 heavy (non-hydrogen) atoms. The fraction of sp³-hybridized carbons (Fsp3) is 0.444. The maximum absolute atomic E-state index is 11.7. The van der Waals surface area contributed by atoms with E-state index in [2.05, 4.69) is 6.58 Å².